The molecule has 3 aromatic carbocycles. The smallest absolute Gasteiger partial charge is 0.243 e. The summed E-state index contributed by atoms with van der Waals surface area (Å²) in [6, 6.07) is 22.4. The van der Waals surface area contributed by atoms with Crippen LogP contribution in [0.25, 0.3) is 0 Å². The molecule has 0 fully saturated rings. The molecular formula is C31H35ClN2O4. The highest BCUT2D eigenvalue weighted by Crippen LogP contribution is 2.31. The Labute approximate surface area is 229 Å². The molecule has 0 saturated heterocycles. The van der Waals surface area contributed by atoms with Gasteiger partial charge in [0.05, 0.1) is 0 Å². The first-order valence-electron chi connectivity index (χ1n) is 13.1. The zero-order chi connectivity index (χ0) is 26.9. The summed E-state index contributed by atoms with van der Waals surface area (Å²) < 4.78 is 11.3. The summed E-state index contributed by atoms with van der Waals surface area (Å²) in [6.07, 6.45) is 1.19. The van der Waals surface area contributed by atoms with E-state index in [9.17, 15) is 9.59 Å². The highest BCUT2D eigenvalue weighted by atomic mass is 35.5. The zero-order valence-corrected chi connectivity index (χ0v) is 22.7. The number of ether oxygens (including phenoxy) is 2. The third-order valence-corrected chi connectivity index (χ3v) is 6.67. The van der Waals surface area contributed by atoms with Gasteiger partial charge >= 0.3 is 0 Å². The Morgan fingerprint density at radius 3 is 2.37 bits per heavy atom. The monoisotopic (exact) mass is 534 g/mol. The van der Waals surface area contributed by atoms with Crippen LogP contribution in [0.2, 0.25) is 5.02 Å². The summed E-state index contributed by atoms with van der Waals surface area (Å²) in [5.74, 6) is 1.46. The maximum atomic E-state index is 13.8. The Kier molecular flexibility index (Phi) is 9.66. The lowest BCUT2D eigenvalue weighted by Gasteiger charge is -2.32. The molecule has 1 aliphatic rings. The van der Waals surface area contributed by atoms with E-state index in [-0.39, 0.29) is 24.8 Å². The number of benzene rings is 3. The zero-order valence-electron chi connectivity index (χ0n) is 22.0. The Balaban J connectivity index is 1.59. The fourth-order valence-corrected chi connectivity index (χ4v) is 4.66. The van der Waals surface area contributed by atoms with Crippen LogP contribution in [0.1, 0.15) is 37.0 Å². The maximum absolute atomic E-state index is 13.8. The van der Waals surface area contributed by atoms with E-state index in [1.165, 1.54) is 0 Å². The molecule has 0 aliphatic carbocycles. The molecule has 0 bridgehead atoms. The Hall–Kier alpha value is -3.51. The van der Waals surface area contributed by atoms with Crippen molar-refractivity contribution in [1.29, 1.82) is 0 Å². The molecule has 1 atom stereocenters. The van der Waals surface area contributed by atoms with Gasteiger partial charge < -0.3 is 19.7 Å². The molecule has 1 aliphatic heterocycles. The van der Waals surface area contributed by atoms with Crippen LogP contribution in [-0.2, 0) is 29.0 Å². The van der Waals surface area contributed by atoms with Gasteiger partial charge in [-0.05, 0) is 53.3 Å². The fourth-order valence-electron chi connectivity index (χ4n) is 4.45. The SMILES string of the molecule is CC(C)CNC(=O)[C@@H](Cc1ccccc1)N(Cc1cccc(Cl)c1)C(=O)CCc1ccc2c(c1)OCCO2. The van der Waals surface area contributed by atoms with Gasteiger partial charge in [0.15, 0.2) is 11.5 Å². The highest BCUT2D eigenvalue weighted by Gasteiger charge is 2.30. The molecule has 7 heteroatoms. The number of aryl methyl sites for hydroxylation is 1. The molecule has 0 saturated carbocycles. The van der Waals surface area contributed by atoms with Crippen molar-refractivity contribution in [3.8, 4) is 11.5 Å². The van der Waals surface area contributed by atoms with Crippen LogP contribution < -0.4 is 14.8 Å². The lowest BCUT2D eigenvalue weighted by molar-refractivity contribution is -0.141. The minimum absolute atomic E-state index is 0.0968. The Bertz CT molecular complexity index is 1230. The van der Waals surface area contributed by atoms with Gasteiger partial charge in [0, 0.05) is 31.0 Å². The first kappa shape index (κ1) is 27.5. The molecule has 3 aromatic rings. The average molecular weight is 535 g/mol. The number of hydrogen-bond acceptors (Lipinski definition) is 4. The number of carbonyl (C=O) groups excluding carboxylic acids is 2. The molecule has 1 heterocycles. The van der Waals surface area contributed by atoms with Crippen LogP contribution >= 0.6 is 11.6 Å². The molecule has 38 heavy (non-hydrogen) atoms. The fraction of sp³-hybridized carbons (Fsp3) is 0.355. The Morgan fingerprint density at radius 1 is 0.895 bits per heavy atom. The van der Waals surface area contributed by atoms with Crippen molar-refractivity contribution in [3.05, 3.63) is 94.5 Å². The van der Waals surface area contributed by atoms with Crippen LogP contribution in [0.5, 0.6) is 11.5 Å². The van der Waals surface area contributed by atoms with E-state index in [1.807, 2.05) is 66.7 Å². The van der Waals surface area contributed by atoms with Gasteiger partial charge in [0.1, 0.15) is 19.3 Å². The number of fused-ring (bicyclic) bond motifs is 1. The van der Waals surface area contributed by atoms with Crippen LogP contribution in [0.4, 0.5) is 0 Å². The number of amides is 2. The number of hydrogen-bond donors (Lipinski definition) is 1. The minimum atomic E-state index is -0.664. The van der Waals surface area contributed by atoms with Gasteiger partial charge in [0.25, 0.3) is 0 Å². The highest BCUT2D eigenvalue weighted by molar-refractivity contribution is 6.30. The molecule has 1 N–H and O–H groups in total. The molecule has 0 unspecified atom stereocenters. The average Bonchev–Trinajstić information content (AvgIpc) is 2.92. The Morgan fingerprint density at radius 2 is 1.63 bits per heavy atom. The predicted octanol–water partition coefficient (Wildman–Crippen LogP) is 5.46. The van der Waals surface area contributed by atoms with Crippen molar-refractivity contribution in [1.82, 2.24) is 10.2 Å². The van der Waals surface area contributed by atoms with Gasteiger partial charge in [-0.3, -0.25) is 9.59 Å². The van der Waals surface area contributed by atoms with E-state index in [0.29, 0.717) is 49.3 Å². The van der Waals surface area contributed by atoms with E-state index in [2.05, 4.69) is 19.2 Å². The van der Waals surface area contributed by atoms with Gasteiger partial charge in [-0.1, -0.05) is 74.0 Å². The van der Waals surface area contributed by atoms with Crippen molar-refractivity contribution in [2.45, 2.75) is 45.7 Å². The van der Waals surface area contributed by atoms with Crippen LogP contribution in [-0.4, -0.2) is 42.5 Å². The van der Waals surface area contributed by atoms with Crippen molar-refractivity contribution in [2.24, 2.45) is 5.92 Å². The molecule has 6 nitrogen and oxygen atoms in total. The topological polar surface area (TPSA) is 67.9 Å². The molecule has 0 spiro atoms. The molecule has 0 radical (unpaired) electrons. The molecule has 0 aromatic heterocycles. The number of carbonyl (C=O) groups is 2. The predicted molar refractivity (Wildman–Crippen MR) is 150 cm³/mol. The number of halogens is 1. The van der Waals surface area contributed by atoms with E-state index in [4.69, 9.17) is 21.1 Å². The van der Waals surface area contributed by atoms with Gasteiger partial charge in [-0.2, -0.15) is 0 Å². The van der Waals surface area contributed by atoms with Gasteiger partial charge in [-0.15, -0.1) is 0 Å². The van der Waals surface area contributed by atoms with E-state index in [1.54, 1.807) is 11.0 Å². The van der Waals surface area contributed by atoms with Crippen LogP contribution in [0, 0.1) is 5.92 Å². The van der Waals surface area contributed by atoms with Crippen molar-refractivity contribution < 1.29 is 19.1 Å². The largest absolute Gasteiger partial charge is 0.486 e. The van der Waals surface area contributed by atoms with E-state index in [0.717, 1.165) is 22.4 Å². The first-order valence-corrected chi connectivity index (χ1v) is 13.5. The number of nitrogens with one attached hydrogen (secondary N) is 1. The lowest BCUT2D eigenvalue weighted by atomic mass is 10.0. The third kappa shape index (κ3) is 7.75. The summed E-state index contributed by atoms with van der Waals surface area (Å²) in [7, 11) is 0. The second-order valence-electron chi connectivity index (χ2n) is 9.97. The summed E-state index contributed by atoms with van der Waals surface area (Å²) in [6.45, 7) is 5.97. The van der Waals surface area contributed by atoms with Gasteiger partial charge in [0.2, 0.25) is 11.8 Å². The van der Waals surface area contributed by atoms with E-state index >= 15 is 0 Å². The molecule has 2 amide bonds. The summed E-state index contributed by atoms with van der Waals surface area (Å²) in [5, 5.41) is 3.65. The number of nitrogens with zero attached hydrogens (tertiary/aromatic N) is 1. The van der Waals surface area contributed by atoms with Crippen LogP contribution in [0.15, 0.2) is 72.8 Å². The lowest BCUT2D eigenvalue weighted by Crippen LogP contribution is -2.51. The summed E-state index contributed by atoms with van der Waals surface area (Å²) in [4.78, 5) is 29.1. The summed E-state index contributed by atoms with van der Waals surface area (Å²) >= 11 is 6.26. The van der Waals surface area contributed by atoms with Crippen molar-refractivity contribution in [3.63, 3.8) is 0 Å². The minimum Gasteiger partial charge on any atom is -0.486 e. The van der Waals surface area contributed by atoms with Gasteiger partial charge in [-0.25, -0.2) is 0 Å². The molecule has 200 valence electrons. The number of rotatable bonds is 11. The van der Waals surface area contributed by atoms with E-state index < -0.39 is 6.04 Å². The van der Waals surface area contributed by atoms with Crippen molar-refractivity contribution in [2.75, 3.05) is 19.8 Å². The molecule has 4 rings (SSSR count). The summed E-state index contributed by atoms with van der Waals surface area (Å²) in [5.41, 5.74) is 2.85. The second-order valence-corrected chi connectivity index (χ2v) is 10.4. The molecular weight excluding hydrogens is 500 g/mol. The standard InChI is InChI=1S/C31H35ClN2O4/c1-22(2)20-33-31(36)27(18-23-7-4-3-5-8-23)34(21-25-9-6-10-26(32)17-25)30(35)14-12-24-11-13-28-29(19-24)38-16-15-37-28/h3-11,13,17,19,22,27H,12,14-16,18,20-21H2,1-2H3,(H,33,36)/t27-/m1/s1. The second kappa shape index (κ2) is 13.3. The quantitative estimate of drug-likeness (QED) is 0.355. The van der Waals surface area contributed by atoms with Crippen LogP contribution in [0.3, 0.4) is 0 Å². The third-order valence-electron chi connectivity index (χ3n) is 6.43. The first-order chi connectivity index (χ1) is 18.4. The normalized spacial score (nSPS) is 13.2. The van der Waals surface area contributed by atoms with Crippen molar-refractivity contribution >= 4 is 23.4 Å². The maximum Gasteiger partial charge on any atom is 0.243 e.